The van der Waals surface area contributed by atoms with Crippen LogP contribution in [0.5, 0.6) is 11.5 Å². The van der Waals surface area contributed by atoms with E-state index in [2.05, 4.69) is 10.5 Å². The number of hydrazone groups is 1. The molecule has 128 valence electrons. The Morgan fingerprint density at radius 2 is 1.84 bits per heavy atom. The Balaban J connectivity index is 2.06. The second-order valence-corrected chi connectivity index (χ2v) is 4.85. The normalized spacial score (nSPS) is 10.9. The predicted molar refractivity (Wildman–Crippen MR) is 90.2 cm³/mol. The van der Waals surface area contributed by atoms with Crippen LogP contribution in [0, 0.1) is 0 Å². The van der Waals surface area contributed by atoms with E-state index in [0.29, 0.717) is 11.1 Å². The topological polar surface area (TPSA) is 131 Å². The second-order valence-electron chi connectivity index (χ2n) is 4.85. The van der Waals surface area contributed by atoms with Crippen LogP contribution in [0.25, 0.3) is 6.08 Å². The fourth-order valence-electron chi connectivity index (χ4n) is 1.87. The van der Waals surface area contributed by atoms with E-state index in [1.165, 1.54) is 42.0 Å². The van der Waals surface area contributed by atoms with Crippen LogP contribution in [0.1, 0.15) is 21.5 Å². The van der Waals surface area contributed by atoms with Crippen LogP contribution in [-0.4, -0.2) is 33.4 Å². The molecule has 0 radical (unpaired) electrons. The molecule has 0 spiro atoms. The molecular formula is C17H15N3O5. The van der Waals surface area contributed by atoms with E-state index < -0.39 is 11.8 Å². The summed E-state index contributed by atoms with van der Waals surface area (Å²) in [6, 6.07) is 10.7. The fraction of sp³-hybridized carbons (Fsp3) is 0. The van der Waals surface area contributed by atoms with Crippen molar-refractivity contribution in [2.75, 3.05) is 0 Å². The number of benzene rings is 2. The minimum absolute atomic E-state index is 0.243. The molecule has 0 unspecified atom stereocenters. The highest BCUT2D eigenvalue weighted by molar-refractivity contribution is 5.96. The van der Waals surface area contributed by atoms with E-state index in [1.807, 2.05) is 0 Å². The van der Waals surface area contributed by atoms with Gasteiger partial charge >= 0.3 is 0 Å². The first-order valence-corrected chi connectivity index (χ1v) is 7.08. The van der Waals surface area contributed by atoms with Crippen molar-refractivity contribution in [1.29, 1.82) is 0 Å². The number of nitrogens with zero attached hydrogens (tertiary/aromatic N) is 1. The van der Waals surface area contributed by atoms with Crippen LogP contribution in [-0.2, 0) is 4.79 Å². The van der Waals surface area contributed by atoms with Crippen LogP contribution >= 0.6 is 0 Å². The van der Waals surface area contributed by atoms with Gasteiger partial charge < -0.3 is 10.2 Å². The standard InChI is InChI=1S/C17H15N3O5/c21-14-6-2-5-13(16(14)23)10-18-19-17(24)12-4-1-3-11(9-12)7-8-15(22)20-25/h1-10,21,23,25H,(H,19,24)(H,20,22)/b8-7+,18-10+. The minimum atomic E-state index is -0.689. The first-order chi connectivity index (χ1) is 12.0. The summed E-state index contributed by atoms with van der Waals surface area (Å²) in [6.07, 6.45) is 3.73. The smallest absolute Gasteiger partial charge is 0.271 e. The summed E-state index contributed by atoms with van der Waals surface area (Å²) in [5, 5.41) is 31.1. The molecule has 2 aromatic carbocycles. The van der Waals surface area contributed by atoms with Crippen molar-refractivity contribution in [2.45, 2.75) is 0 Å². The molecule has 0 aliphatic heterocycles. The Bertz CT molecular complexity index is 846. The molecule has 0 heterocycles. The largest absolute Gasteiger partial charge is 0.504 e. The minimum Gasteiger partial charge on any atom is -0.504 e. The van der Waals surface area contributed by atoms with Crippen molar-refractivity contribution in [2.24, 2.45) is 5.10 Å². The first kappa shape index (κ1) is 17.7. The van der Waals surface area contributed by atoms with Crippen molar-refractivity contribution < 1.29 is 25.0 Å². The molecule has 0 fully saturated rings. The zero-order valence-electron chi connectivity index (χ0n) is 12.9. The maximum absolute atomic E-state index is 12.1. The Kier molecular flexibility index (Phi) is 5.86. The van der Waals surface area contributed by atoms with E-state index in [0.717, 1.165) is 6.08 Å². The number of phenolic OH excluding ortho intramolecular Hbond substituents is 2. The van der Waals surface area contributed by atoms with E-state index in [1.54, 1.807) is 18.2 Å². The zero-order chi connectivity index (χ0) is 18.2. The molecule has 2 amide bonds. The SMILES string of the molecule is O=C(/C=C/c1cccc(C(=O)N/N=C/c2cccc(O)c2O)c1)NO. The van der Waals surface area contributed by atoms with Crippen LogP contribution in [0.2, 0.25) is 0 Å². The lowest BCUT2D eigenvalue weighted by molar-refractivity contribution is -0.124. The summed E-state index contributed by atoms with van der Waals surface area (Å²) in [6.45, 7) is 0. The third-order valence-electron chi connectivity index (χ3n) is 3.10. The van der Waals surface area contributed by atoms with Crippen LogP contribution in [0.3, 0.4) is 0 Å². The van der Waals surface area contributed by atoms with Gasteiger partial charge in [-0.1, -0.05) is 18.2 Å². The monoisotopic (exact) mass is 341 g/mol. The number of amides is 2. The highest BCUT2D eigenvalue weighted by Gasteiger charge is 2.06. The Morgan fingerprint density at radius 3 is 2.60 bits per heavy atom. The Morgan fingerprint density at radius 1 is 1.08 bits per heavy atom. The highest BCUT2D eigenvalue weighted by atomic mass is 16.5. The van der Waals surface area contributed by atoms with E-state index in [4.69, 9.17) is 5.21 Å². The third kappa shape index (κ3) is 4.91. The number of carbonyl (C=O) groups excluding carboxylic acids is 2. The van der Waals surface area contributed by atoms with Gasteiger partial charge in [0.25, 0.3) is 11.8 Å². The average Bonchev–Trinajstić information content (AvgIpc) is 2.63. The van der Waals surface area contributed by atoms with Crippen LogP contribution in [0.15, 0.2) is 53.6 Å². The lowest BCUT2D eigenvalue weighted by Crippen LogP contribution is -2.17. The summed E-state index contributed by atoms with van der Waals surface area (Å²) in [5.74, 6) is -1.82. The van der Waals surface area contributed by atoms with Crippen molar-refractivity contribution in [1.82, 2.24) is 10.9 Å². The van der Waals surface area contributed by atoms with E-state index in [-0.39, 0.29) is 17.1 Å². The molecular weight excluding hydrogens is 326 g/mol. The molecule has 0 aliphatic carbocycles. The summed E-state index contributed by atoms with van der Waals surface area (Å²) in [5.41, 5.74) is 4.87. The van der Waals surface area contributed by atoms with E-state index in [9.17, 15) is 19.8 Å². The van der Waals surface area contributed by atoms with Gasteiger partial charge in [0.1, 0.15) is 0 Å². The van der Waals surface area contributed by atoms with Gasteiger partial charge in [0.2, 0.25) is 0 Å². The number of rotatable bonds is 5. The molecule has 2 aromatic rings. The number of carbonyl (C=O) groups is 2. The summed E-state index contributed by atoms with van der Waals surface area (Å²) >= 11 is 0. The van der Waals surface area contributed by atoms with Crippen molar-refractivity contribution in [3.05, 3.63) is 65.2 Å². The van der Waals surface area contributed by atoms with Gasteiger partial charge in [0.05, 0.1) is 6.21 Å². The van der Waals surface area contributed by atoms with Crippen molar-refractivity contribution >= 4 is 24.1 Å². The van der Waals surface area contributed by atoms with E-state index >= 15 is 0 Å². The molecule has 5 N–H and O–H groups in total. The van der Waals surface area contributed by atoms with Gasteiger partial charge in [0.15, 0.2) is 11.5 Å². The quantitative estimate of drug-likeness (QED) is 0.184. The molecule has 0 saturated heterocycles. The predicted octanol–water partition coefficient (Wildman–Crippen LogP) is 1.38. The number of hydrogen-bond acceptors (Lipinski definition) is 6. The molecule has 8 nitrogen and oxygen atoms in total. The van der Waals surface area contributed by atoms with Crippen molar-refractivity contribution in [3.8, 4) is 11.5 Å². The summed E-state index contributed by atoms with van der Waals surface area (Å²) in [4.78, 5) is 23.0. The fourth-order valence-corrected chi connectivity index (χ4v) is 1.87. The molecule has 8 heteroatoms. The van der Waals surface area contributed by atoms with Gasteiger partial charge in [0, 0.05) is 17.2 Å². The molecule has 0 bridgehead atoms. The number of phenols is 2. The Hall–Kier alpha value is -3.65. The molecule has 25 heavy (non-hydrogen) atoms. The highest BCUT2D eigenvalue weighted by Crippen LogP contribution is 2.26. The second kappa shape index (κ2) is 8.27. The van der Waals surface area contributed by atoms with Gasteiger partial charge in [-0.25, -0.2) is 10.9 Å². The first-order valence-electron chi connectivity index (χ1n) is 7.08. The maximum Gasteiger partial charge on any atom is 0.271 e. The maximum atomic E-state index is 12.1. The van der Waals surface area contributed by atoms with Crippen molar-refractivity contribution in [3.63, 3.8) is 0 Å². The zero-order valence-corrected chi connectivity index (χ0v) is 12.9. The van der Waals surface area contributed by atoms with Gasteiger partial charge in [-0.05, 0) is 35.9 Å². The average molecular weight is 341 g/mol. The molecule has 2 rings (SSSR count). The van der Waals surface area contributed by atoms with Gasteiger partial charge in [-0.3, -0.25) is 14.8 Å². The lowest BCUT2D eigenvalue weighted by atomic mass is 10.1. The number of nitrogens with one attached hydrogen (secondary N) is 2. The third-order valence-corrected chi connectivity index (χ3v) is 3.10. The number of hydrogen-bond donors (Lipinski definition) is 5. The summed E-state index contributed by atoms with van der Waals surface area (Å²) < 4.78 is 0. The number of hydroxylamine groups is 1. The van der Waals surface area contributed by atoms with Gasteiger partial charge in [-0.2, -0.15) is 5.10 Å². The summed E-state index contributed by atoms with van der Waals surface area (Å²) in [7, 11) is 0. The molecule has 0 aromatic heterocycles. The van der Waals surface area contributed by atoms with Crippen LogP contribution < -0.4 is 10.9 Å². The molecule has 0 atom stereocenters. The molecule has 0 aliphatic rings. The molecule has 0 saturated carbocycles. The van der Waals surface area contributed by atoms with Crippen LogP contribution in [0.4, 0.5) is 0 Å². The lowest BCUT2D eigenvalue weighted by Gasteiger charge is -2.02. The number of aromatic hydroxyl groups is 2. The number of para-hydroxylation sites is 1. The van der Waals surface area contributed by atoms with Gasteiger partial charge in [-0.15, -0.1) is 0 Å². The Labute approximate surface area is 142 Å².